The van der Waals surface area contributed by atoms with Crippen molar-refractivity contribution in [2.75, 3.05) is 5.75 Å². The van der Waals surface area contributed by atoms with Crippen molar-refractivity contribution in [1.82, 2.24) is 5.32 Å². The zero-order chi connectivity index (χ0) is 18.4. The molecule has 1 amide bonds. The maximum Gasteiger partial charge on any atom is 0.230 e. The lowest BCUT2D eigenvalue weighted by Gasteiger charge is -2.20. The predicted molar refractivity (Wildman–Crippen MR) is 110 cm³/mol. The summed E-state index contributed by atoms with van der Waals surface area (Å²) in [7, 11) is 0. The summed E-state index contributed by atoms with van der Waals surface area (Å²) in [5, 5.41) is 4.41. The predicted octanol–water partition coefficient (Wildman–Crippen LogP) is 6.11. The largest absolute Gasteiger partial charge is 0.349 e. The smallest absolute Gasteiger partial charge is 0.230 e. The third-order valence-corrected chi connectivity index (χ3v) is 5.75. The van der Waals surface area contributed by atoms with Crippen molar-refractivity contribution in [3.63, 3.8) is 0 Å². The minimum absolute atomic E-state index is 0.0278. The summed E-state index contributed by atoms with van der Waals surface area (Å²) in [5.41, 5.74) is 4.50. The van der Waals surface area contributed by atoms with E-state index in [4.69, 9.17) is 23.2 Å². The molecule has 25 heavy (non-hydrogen) atoms. The second kappa shape index (κ2) is 9.51. The number of rotatable bonds is 7. The topological polar surface area (TPSA) is 29.1 Å². The second-order valence-corrected chi connectivity index (χ2v) is 7.88. The van der Waals surface area contributed by atoms with Gasteiger partial charge in [0.15, 0.2) is 0 Å². The van der Waals surface area contributed by atoms with E-state index in [-0.39, 0.29) is 11.9 Å². The molecule has 2 nitrogen and oxygen atoms in total. The first-order valence-corrected chi connectivity index (χ1v) is 10.2. The Bertz CT molecular complexity index is 728. The number of halogens is 2. The van der Waals surface area contributed by atoms with Crippen molar-refractivity contribution in [1.29, 1.82) is 0 Å². The maximum absolute atomic E-state index is 12.3. The highest BCUT2D eigenvalue weighted by molar-refractivity contribution is 7.99. The molecule has 0 saturated heterocycles. The average molecular weight is 396 g/mol. The summed E-state index contributed by atoms with van der Waals surface area (Å²) in [4.78, 5) is 12.3. The summed E-state index contributed by atoms with van der Waals surface area (Å²) in [6.45, 7) is 6.25. The molecule has 1 atom stereocenters. The number of thioether (sulfide) groups is 1. The number of nitrogens with one attached hydrogen (secondary N) is 1. The lowest BCUT2D eigenvalue weighted by atomic mass is 9.97. The van der Waals surface area contributed by atoms with E-state index in [0.29, 0.717) is 21.6 Å². The van der Waals surface area contributed by atoms with Crippen LogP contribution in [0.5, 0.6) is 0 Å². The number of carbonyl (C=O) groups excluding carboxylic acids is 1. The third kappa shape index (κ3) is 5.67. The Morgan fingerprint density at radius 1 is 1.16 bits per heavy atom. The van der Waals surface area contributed by atoms with E-state index in [1.165, 1.54) is 28.5 Å². The van der Waals surface area contributed by atoms with Gasteiger partial charge in [0.05, 0.1) is 11.8 Å². The molecule has 0 saturated carbocycles. The molecule has 5 heteroatoms. The Kier molecular flexibility index (Phi) is 7.67. The molecule has 1 N–H and O–H groups in total. The Morgan fingerprint density at radius 3 is 2.44 bits per heavy atom. The monoisotopic (exact) mass is 395 g/mol. The summed E-state index contributed by atoms with van der Waals surface area (Å²) < 4.78 is 0. The van der Waals surface area contributed by atoms with E-state index in [1.54, 1.807) is 0 Å². The van der Waals surface area contributed by atoms with Gasteiger partial charge >= 0.3 is 0 Å². The molecule has 2 aromatic carbocycles. The highest BCUT2D eigenvalue weighted by Crippen LogP contribution is 2.28. The molecular formula is C20H23Cl2NOS. The van der Waals surface area contributed by atoms with E-state index in [9.17, 15) is 4.79 Å². The number of hydrogen-bond acceptors (Lipinski definition) is 2. The van der Waals surface area contributed by atoms with Crippen molar-refractivity contribution in [3.05, 3.63) is 68.7 Å². The van der Waals surface area contributed by atoms with E-state index in [1.807, 2.05) is 18.2 Å². The molecule has 134 valence electrons. The van der Waals surface area contributed by atoms with Gasteiger partial charge < -0.3 is 5.32 Å². The quantitative estimate of drug-likeness (QED) is 0.612. The second-order valence-electron chi connectivity index (χ2n) is 6.08. The molecule has 0 radical (unpaired) electrons. The lowest BCUT2D eigenvalue weighted by molar-refractivity contribution is -0.119. The molecule has 2 rings (SSSR count). The summed E-state index contributed by atoms with van der Waals surface area (Å²) in [6.07, 6.45) is 0.858. The van der Waals surface area contributed by atoms with Gasteiger partial charge in [-0.05, 0) is 49.1 Å². The first kappa shape index (κ1) is 20.2. The van der Waals surface area contributed by atoms with Gasteiger partial charge in [0.2, 0.25) is 5.91 Å². The van der Waals surface area contributed by atoms with Gasteiger partial charge in [0.1, 0.15) is 0 Å². The van der Waals surface area contributed by atoms with Crippen LogP contribution < -0.4 is 5.32 Å². The summed E-state index contributed by atoms with van der Waals surface area (Å²) >= 11 is 13.8. The Hall–Kier alpha value is -1.16. The van der Waals surface area contributed by atoms with E-state index in [0.717, 1.165) is 12.0 Å². The van der Waals surface area contributed by atoms with E-state index < -0.39 is 0 Å². The molecule has 0 unspecified atom stereocenters. The standard InChI is InChI=1S/C20H23Cl2NOS/c1-4-19(15-9-8-13(2)10-14(15)3)23-20(24)12-25-11-16-17(21)6-5-7-18(16)22/h5-10,19H,4,11-12H2,1-3H3,(H,23,24)/t19-/m0/s1. The first-order valence-electron chi connectivity index (χ1n) is 8.29. The SMILES string of the molecule is CC[C@H](NC(=O)CSCc1c(Cl)cccc1Cl)c1ccc(C)cc1C. The van der Waals surface area contributed by atoms with Crippen LogP contribution in [0.4, 0.5) is 0 Å². The molecule has 0 spiro atoms. The van der Waals surface area contributed by atoms with Gasteiger partial charge in [-0.25, -0.2) is 0 Å². The fourth-order valence-corrected chi connectivity index (χ4v) is 4.34. The van der Waals surface area contributed by atoms with Gasteiger partial charge in [-0.15, -0.1) is 11.8 Å². The van der Waals surface area contributed by atoms with Crippen LogP contribution in [0, 0.1) is 13.8 Å². The Labute approximate surface area is 164 Å². The van der Waals surface area contributed by atoms with Crippen molar-refractivity contribution < 1.29 is 4.79 Å². The number of amides is 1. The molecule has 2 aromatic rings. The molecule has 0 aliphatic rings. The zero-order valence-corrected chi connectivity index (χ0v) is 17.1. The fourth-order valence-electron chi connectivity index (χ4n) is 2.77. The summed E-state index contributed by atoms with van der Waals surface area (Å²) in [5.74, 6) is 1.02. The van der Waals surface area contributed by atoms with Crippen LogP contribution >= 0.6 is 35.0 Å². The molecule has 0 bridgehead atoms. The normalized spacial score (nSPS) is 12.0. The highest BCUT2D eigenvalue weighted by Gasteiger charge is 2.15. The number of aryl methyl sites for hydroxylation is 2. The van der Waals surface area contributed by atoms with Crippen LogP contribution in [0.3, 0.4) is 0 Å². The van der Waals surface area contributed by atoms with Crippen LogP contribution in [0.25, 0.3) is 0 Å². The summed E-state index contributed by atoms with van der Waals surface area (Å²) in [6, 6.07) is 11.8. The minimum atomic E-state index is 0.0278. The van der Waals surface area contributed by atoms with Crippen LogP contribution in [0.15, 0.2) is 36.4 Å². The molecule has 0 fully saturated rings. The van der Waals surface area contributed by atoms with Crippen LogP contribution in [0.1, 0.15) is 41.6 Å². The molecular weight excluding hydrogens is 373 g/mol. The molecule has 0 heterocycles. The fraction of sp³-hybridized carbons (Fsp3) is 0.350. The van der Waals surface area contributed by atoms with Crippen molar-refractivity contribution in [2.45, 2.75) is 39.0 Å². The molecule has 0 aliphatic heterocycles. The van der Waals surface area contributed by atoms with Crippen LogP contribution in [-0.2, 0) is 10.5 Å². The maximum atomic E-state index is 12.3. The third-order valence-electron chi connectivity index (χ3n) is 4.09. The van der Waals surface area contributed by atoms with Crippen molar-refractivity contribution in [2.24, 2.45) is 0 Å². The number of hydrogen-bond donors (Lipinski definition) is 1. The molecule has 0 aromatic heterocycles. The Morgan fingerprint density at radius 2 is 1.84 bits per heavy atom. The van der Waals surface area contributed by atoms with Crippen molar-refractivity contribution in [3.8, 4) is 0 Å². The number of benzene rings is 2. The Balaban J connectivity index is 1.92. The van der Waals surface area contributed by atoms with E-state index in [2.05, 4.69) is 44.3 Å². The molecule has 0 aliphatic carbocycles. The average Bonchev–Trinajstić information content (AvgIpc) is 2.56. The van der Waals surface area contributed by atoms with Crippen molar-refractivity contribution >= 4 is 40.9 Å². The number of carbonyl (C=O) groups is 1. The minimum Gasteiger partial charge on any atom is -0.349 e. The van der Waals surface area contributed by atoms with Gasteiger partial charge in [-0.2, -0.15) is 0 Å². The van der Waals surface area contributed by atoms with Gasteiger partial charge in [0, 0.05) is 15.8 Å². The van der Waals surface area contributed by atoms with E-state index >= 15 is 0 Å². The van der Waals surface area contributed by atoms with Crippen LogP contribution in [0.2, 0.25) is 10.0 Å². The first-order chi connectivity index (χ1) is 11.9. The lowest BCUT2D eigenvalue weighted by Crippen LogP contribution is -2.30. The highest BCUT2D eigenvalue weighted by atomic mass is 35.5. The van der Waals surface area contributed by atoms with Gasteiger partial charge in [0.25, 0.3) is 0 Å². The van der Waals surface area contributed by atoms with Crippen LogP contribution in [-0.4, -0.2) is 11.7 Å². The van der Waals surface area contributed by atoms with Gasteiger partial charge in [-0.1, -0.05) is 60.0 Å². The van der Waals surface area contributed by atoms with Gasteiger partial charge in [-0.3, -0.25) is 4.79 Å². The zero-order valence-electron chi connectivity index (χ0n) is 14.7.